The minimum absolute atomic E-state index is 0.0169. The molecule has 1 aliphatic carbocycles. The van der Waals surface area contributed by atoms with Crippen LogP contribution in [0, 0.1) is 5.92 Å². The molecule has 0 aromatic heterocycles. The van der Waals surface area contributed by atoms with Crippen molar-refractivity contribution < 1.29 is 4.79 Å². The molecule has 3 nitrogen and oxygen atoms in total. The zero-order valence-electron chi connectivity index (χ0n) is 14.8. The van der Waals surface area contributed by atoms with Crippen molar-refractivity contribution in [1.29, 1.82) is 0 Å². The van der Waals surface area contributed by atoms with Gasteiger partial charge in [-0.05, 0) is 60.2 Å². The molecule has 0 fully saturated rings. The van der Waals surface area contributed by atoms with Crippen molar-refractivity contribution in [3.63, 3.8) is 0 Å². The topological polar surface area (TPSA) is 41.1 Å². The first-order valence-electron chi connectivity index (χ1n) is 9.28. The molecule has 2 aromatic rings. The second kappa shape index (κ2) is 7.28. The lowest BCUT2D eigenvalue weighted by Gasteiger charge is -2.37. The number of hydrogen-bond acceptors (Lipinski definition) is 2. The van der Waals surface area contributed by atoms with E-state index in [4.69, 9.17) is 0 Å². The summed E-state index contributed by atoms with van der Waals surface area (Å²) in [6.07, 6.45) is 6.59. The second-order valence-corrected chi connectivity index (χ2v) is 8.00. The molecule has 3 atom stereocenters. The van der Waals surface area contributed by atoms with Crippen molar-refractivity contribution >= 4 is 27.5 Å². The fourth-order valence-electron chi connectivity index (χ4n) is 4.08. The smallest absolute Gasteiger partial charge is 0.251 e. The van der Waals surface area contributed by atoms with Crippen molar-refractivity contribution in [2.75, 3.05) is 11.9 Å². The molecule has 4 rings (SSSR count). The molecule has 1 heterocycles. The van der Waals surface area contributed by atoms with Crippen LogP contribution in [-0.4, -0.2) is 12.5 Å². The van der Waals surface area contributed by atoms with Crippen LogP contribution >= 0.6 is 15.9 Å². The van der Waals surface area contributed by atoms with E-state index in [2.05, 4.69) is 82.0 Å². The highest BCUT2D eigenvalue weighted by atomic mass is 79.9. The van der Waals surface area contributed by atoms with Gasteiger partial charge >= 0.3 is 0 Å². The SMILES string of the molecule is CCCNC(=O)c1ccc2c(c1)[C@@H]1C=CC[C@H]1[C@H](c1ccc(Br)cc1)N2. The van der Waals surface area contributed by atoms with Gasteiger partial charge in [-0.2, -0.15) is 0 Å². The van der Waals surface area contributed by atoms with Gasteiger partial charge in [-0.25, -0.2) is 0 Å². The fourth-order valence-corrected chi connectivity index (χ4v) is 4.34. The van der Waals surface area contributed by atoms with Crippen LogP contribution in [0.2, 0.25) is 0 Å². The van der Waals surface area contributed by atoms with Gasteiger partial charge in [-0.3, -0.25) is 4.79 Å². The summed E-state index contributed by atoms with van der Waals surface area (Å²) in [5, 5.41) is 6.70. The molecule has 2 N–H and O–H groups in total. The Hall–Kier alpha value is -2.07. The van der Waals surface area contributed by atoms with Gasteiger partial charge in [0.1, 0.15) is 0 Å². The van der Waals surface area contributed by atoms with Gasteiger partial charge in [-0.15, -0.1) is 0 Å². The Morgan fingerprint density at radius 1 is 1.23 bits per heavy atom. The summed E-state index contributed by atoms with van der Waals surface area (Å²) in [5.74, 6) is 0.861. The molecule has 2 aromatic carbocycles. The number of fused-ring (bicyclic) bond motifs is 3. The Morgan fingerprint density at radius 2 is 2.04 bits per heavy atom. The maximum absolute atomic E-state index is 12.3. The number of anilines is 1. The third-order valence-corrected chi connectivity index (χ3v) is 5.92. The van der Waals surface area contributed by atoms with E-state index in [1.165, 1.54) is 11.1 Å². The predicted octanol–water partition coefficient (Wildman–Crippen LogP) is 5.42. The fraction of sp³-hybridized carbons (Fsp3) is 0.318. The minimum atomic E-state index is 0.0169. The second-order valence-electron chi connectivity index (χ2n) is 7.08. The maximum Gasteiger partial charge on any atom is 0.251 e. The largest absolute Gasteiger partial charge is 0.378 e. The first-order chi connectivity index (χ1) is 12.7. The number of allylic oxidation sites excluding steroid dienone is 2. The third kappa shape index (κ3) is 3.18. The average molecular weight is 411 g/mol. The van der Waals surface area contributed by atoms with Crippen molar-refractivity contribution in [1.82, 2.24) is 5.32 Å². The Balaban J connectivity index is 1.66. The van der Waals surface area contributed by atoms with E-state index in [0.29, 0.717) is 18.4 Å². The number of carbonyl (C=O) groups is 1. The summed E-state index contributed by atoms with van der Waals surface area (Å²) in [4.78, 5) is 12.3. The molecular formula is C22H23BrN2O. The van der Waals surface area contributed by atoms with Crippen LogP contribution in [-0.2, 0) is 0 Å². The van der Waals surface area contributed by atoms with E-state index < -0.39 is 0 Å². The molecule has 2 aliphatic rings. The molecule has 1 aliphatic heterocycles. The minimum Gasteiger partial charge on any atom is -0.378 e. The molecule has 0 saturated carbocycles. The van der Waals surface area contributed by atoms with Crippen molar-refractivity contribution in [2.45, 2.75) is 31.7 Å². The maximum atomic E-state index is 12.3. The van der Waals surface area contributed by atoms with E-state index in [1.807, 2.05) is 6.07 Å². The van der Waals surface area contributed by atoms with Crippen molar-refractivity contribution in [3.8, 4) is 0 Å². The quantitative estimate of drug-likeness (QED) is 0.660. The van der Waals surface area contributed by atoms with E-state index in [9.17, 15) is 4.79 Å². The van der Waals surface area contributed by atoms with E-state index in [1.54, 1.807) is 0 Å². The Kier molecular flexibility index (Phi) is 4.86. The molecule has 0 unspecified atom stereocenters. The number of rotatable bonds is 4. The number of benzene rings is 2. The van der Waals surface area contributed by atoms with Crippen LogP contribution in [0.4, 0.5) is 5.69 Å². The highest BCUT2D eigenvalue weighted by Gasteiger charge is 2.38. The standard InChI is InChI=1S/C22H23BrN2O/c1-2-12-24-22(26)15-8-11-20-19(13-15)17-4-3-5-18(17)21(25-20)14-6-9-16(23)10-7-14/h3-4,6-11,13,17-18,21,25H,2,5,12H2,1H3,(H,24,26)/t17-,18-,21+/m1/s1. The van der Waals surface area contributed by atoms with Gasteiger partial charge in [0, 0.05) is 28.2 Å². The zero-order valence-corrected chi connectivity index (χ0v) is 16.4. The van der Waals surface area contributed by atoms with Gasteiger partial charge in [-0.1, -0.05) is 47.1 Å². The number of amides is 1. The number of hydrogen-bond donors (Lipinski definition) is 2. The summed E-state index contributed by atoms with van der Waals surface area (Å²) in [6.45, 7) is 2.78. The van der Waals surface area contributed by atoms with E-state index >= 15 is 0 Å². The summed E-state index contributed by atoms with van der Waals surface area (Å²) >= 11 is 3.52. The Morgan fingerprint density at radius 3 is 2.81 bits per heavy atom. The normalized spacial score (nSPS) is 23.1. The van der Waals surface area contributed by atoms with Gasteiger partial charge in [0.05, 0.1) is 6.04 Å². The molecular weight excluding hydrogens is 388 g/mol. The van der Waals surface area contributed by atoms with Crippen molar-refractivity contribution in [3.05, 3.63) is 75.8 Å². The lowest BCUT2D eigenvalue weighted by Crippen LogP contribution is -2.30. The predicted molar refractivity (Wildman–Crippen MR) is 110 cm³/mol. The van der Waals surface area contributed by atoms with E-state index in [0.717, 1.165) is 28.6 Å². The molecule has 1 amide bonds. The summed E-state index contributed by atoms with van der Waals surface area (Å²) in [5.41, 5.74) is 4.43. The van der Waals surface area contributed by atoms with Crippen LogP contribution in [0.3, 0.4) is 0 Å². The van der Waals surface area contributed by atoms with Crippen LogP contribution < -0.4 is 10.6 Å². The molecule has 134 valence electrons. The molecule has 0 saturated heterocycles. The monoisotopic (exact) mass is 410 g/mol. The number of nitrogens with one attached hydrogen (secondary N) is 2. The first kappa shape index (κ1) is 17.3. The van der Waals surface area contributed by atoms with Crippen LogP contribution in [0.25, 0.3) is 0 Å². The average Bonchev–Trinajstić information content (AvgIpc) is 3.16. The van der Waals surface area contributed by atoms with Gasteiger partial charge in [0.2, 0.25) is 0 Å². The number of carbonyl (C=O) groups excluding carboxylic acids is 1. The van der Waals surface area contributed by atoms with Gasteiger partial charge < -0.3 is 10.6 Å². The van der Waals surface area contributed by atoms with Crippen LogP contribution in [0.1, 0.15) is 53.2 Å². The van der Waals surface area contributed by atoms with Crippen molar-refractivity contribution in [2.24, 2.45) is 5.92 Å². The van der Waals surface area contributed by atoms with Crippen LogP contribution in [0.15, 0.2) is 59.1 Å². The summed E-state index contributed by atoms with van der Waals surface area (Å²) < 4.78 is 1.10. The summed E-state index contributed by atoms with van der Waals surface area (Å²) in [6, 6.07) is 14.9. The Labute approximate surface area is 163 Å². The lowest BCUT2D eigenvalue weighted by molar-refractivity contribution is 0.0953. The first-order valence-corrected chi connectivity index (χ1v) is 10.1. The molecule has 26 heavy (non-hydrogen) atoms. The Bertz CT molecular complexity index is 844. The highest BCUT2D eigenvalue weighted by molar-refractivity contribution is 9.10. The van der Waals surface area contributed by atoms with Gasteiger partial charge in [0.25, 0.3) is 5.91 Å². The molecule has 4 heteroatoms. The summed E-state index contributed by atoms with van der Waals surface area (Å²) in [7, 11) is 0. The molecule has 0 radical (unpaired) electrons. The molecule has 0 bridgehead atoms. The molecule has 0 spiro atoms. The number of halogens is 1. The highest BCUT2D eigenvalue weighted by Crippen LogP contribution is 2.49. The van der Waals surface area contributed by atoms with Crippen LogP contribution in [0.5, 0.6) is 0 Å². The van der Waals surface area contributed by atoms with Gasteiger partial charge in [0.15, 0.2) is 0 Å². The zero-order chi connectivity index (χ0) is 18.1. The third-order valence-electron chi connectivity index (χ3n) is 5.39. The van der Waals surface area contributed by atoms with E-state index in [-0.39, 0.29) is 11.9 Å². The lowest BCUT2D eigenvalue weighted by atomic mass is 9.76.